The van der Waals surface area contributed by atoms with E-state index in [0.29, 0.717) is 0 Å². The Morgan fingerprint density at radius 1 is 1.06 bits per heavy atom. The van der Waals surface area contributed by atoms with Crippen molar-refractivity contribution in [2.45, 2.75) is 19.9 Å². The van der Waals surface area contributed by atoms with Crippen molar-refractivity contribution in [1.29, 1.82) is 0 Å². The normalized spacial score (nSPS) is 12.4. The van der Waals surface area contributed by atoms with E-state index in [1.54, 1.807) is 12.1 Å². The number of hydrogen-bond acceptors (Lipinski definition) is 1. The molecule has 2 heteroatoms. The molecular weight excluding hydrogens is 225 g/mol. The fourth-order valence-corrected chi connectivity index (χ4v) is 2.08. The van der Waals surface area contributed by atoms with Gasteiger partial charge in [-0.25, -0.2) is 4.39 Å². The largest absolute Gasteiger partial charge is 0.307 e. The molecule has 0 aliphatic heterocycles. The topological polar surface area (TPSA) is 12.0 Å². The Kier molecular flexibility index (Phi) is 4.11. The first kappa shape index (κ1) is 12.8. The lowest BCUT2D eigenvalue weighted by Gasteiger charge is -2.19. The molecule has 0 heterocycles. The highest BCUT2D eigenvalue weighted by molar-refractivity contribution is 5.33. The van der Waals surface area contributed by atoms with E-state index in [9.17, 15) is 4.39 Å². The fraction of sp³-hybridized carbons (Fsp3) is 0.250. The van der Waals surface area contributed by atoms with Gasteiger partial charge in [0.2, 0.25) is 0 Å². The summed E-state index contributed by atoms with van der Waals surface area (Å²) in [4.78, 5) is 0. The van der Waals surface area contributed by atoms with Crippen LogP contribution in [0.3, 0.4) is 0 Å². The van der Waals surface area contributed by atoms with Crippen LogP contribution >= 0.6 is 0 Å². The van der Waals surface area contributed by atoms with Crippen LogP contribution in [0.5, 0.6) is 0 Å². The Morgan fingerprint density at radius 3 is 2.39 bits per heavy atom. The summed E-state index contributed by atoms with van der Waals surface area (Å²) in [5.74, 6) is -0.192. The molecule has 0 aliphatic rings. The van der Waals surface area contributed by atoms with E-state index in [-0.39, 0.29) is 11.9 Å². The minimum atomic E-state index is -0.192. The van der Waals surface area contributed by atoms with Crippen molar-refractivity contribution in [3.05, 3.63) is 71.0 Å². The quantitative estimate of drug-likeness (QED) is 0.860. The smallest absolute Gasteiger partial charge is 0.123 e. The molecule has 0 spiro atoms. The molecule has 2 aromatic carbocycles. The third-order valence-electron chi connectivity index (χ3n) is 3.00. The first-order valence-electron chi connectivity index (χ1n) is 6.26. The van der Waals surface area contributed by atoms with E-state index in [4.69, 9.17) is 0 Å². The predicted molar refractivity (Wildman–Crippen MR) is 73.1 cm³/mol. The molecule has 0 radical (unpaired) electrons. The molecular formula is C16H18FN. The average molecular weight is 243 g/mol. The number of rotatable bonds is 4. The van der Waals surface area contributed by atoms with Crippen LogP contribution in [0, 0.1) is 12.7 Å². The number of benzene rings is 2. The maximum atomic E-state index is 13.3. The second-order valence-corrected chi connectivity index (χ2v) is 4.46. The van der Waals surface area contributed by atoms with Crippen LogP contribution in [0.25, 0.3) is 0 Å². The number of halogens is 1. The molecule has 1 nitrogen and oxygen atoms in total. The first-order chi connectivity index (χ1) is 8.70. The first-order valence-corrected chi connectivity index (χ1v) is 6.26. The van der Waals surface area contributed by atoms with Crippen LogP contribution in [0.4, 0.5) is 4.39 Å². The zero-order chi connectivity index (χ0) is 13.0. The maximum absolute atomic E-state index is 13.3. The fourth-order valence-electron chi connectivity index (χ4n) is 2.08. The van der Waals surface area contributed by atoms with Crippen molar-refractivity contribution in [3.63, 3.8) is 0 Å². The molecule has 18 heavy (non-hydrogen) atoms. The second kappa shape index (κ2) is 5.78. The minimum Gasteiger partial charge on any atom is -0.307 e. The SMILES string of the molecule is CCNC(c1ccc(C)cc1)c1cccc(F)c1. The molecule has 0 amide bonds. The molecule has 0 saturated carbocycles. The van der Waals surface area contributed by atoms with E-state index >= 15 is 0 Å². The van der Waals surface area contributed by atoms with Crippen LogP contribution in [-0.4, -0.2) is 6.54 Å². The maximum Gasteiger partial charge on any atom is 0.123 e. The van der Waals surface area contributed by atoms with E-state index in [0.717, 1.165) is 17.7 Å². The van der Waals surface area contributed by atoms with Gasteiger partial charge in [-0.05, 0) is 36.7 Å². The molecule has 1 N–H and O–H groups in total. The van der Waals surface area contributed by atoms with Gasteiger partial charge in [0.1, 0.15) is 5.82 Å². The number of aryl methyl sites for hydroxylation is 1. The lowest BCUT2D eigenvalue weighted by Crippen LogP contribution is -2.22. The lowest BCUT2D eigenvalue weighted by molar-refractivity contribution is 0.603. The van der Waals surface area contributed by atoms with Crippen molar-refractivity contribution in [1.82, 2.24) is 5.32 Å². The summed E-state index contributed by atoms with van der Waals surface area (Å²) < 4.78 is 13.3. The summed E-state index contributed by atoms with van der Waals surface area (Å²) in [6, 6.07) is 15.2. The third kappa shape index (κ3) is 2.96. The predicted octanol–water partition coefficient (Wildman–Crippen LogP) is 3.83. The van der Waals surface area contributed by atoms with Crippen LogP contribution < -0.4 is 5.32 Å². The molecule has 2 rings (SSSR count). The van der Waals surface area contributed by atoms with Gasteiger partial charge < -0.3 is 5.32 Å². The van der Waals surface area contributed by atoms with Gasteiger partial charge in [-0.3, -0.25) is 0 Å². The van der Waals surface area contributed by atoms with Crippen molar-refractivity contribution in [3.8, 4) is 0 Å². The van der Waals surface area contributed by atoms with Crippen molar-refractivity contribution in [2.24, 2.45) is 0 Å². The van der Waals surface area contributed by atoms with Gasteiger partial charge >= 0.3 is 0 Å². The van der Waals surface area contributed by atoms with Crippen molar-refractivity contribution < 1.29 is 4.39 Å². The van der Waals surface area contributed by atoms with Crippen molar-refractivity contribution in [2.75, 3.05) is 6.54 Å². The molecule has 0 aromatic heterocycles. The zero-order valence-corrected chi connectivity index (χ0v) is 10.8. The zero-order valence-electron chi connectivity index (χ0n) is 10.8. The Balaban J connectivity index is 2.36. The molecule has 0 bridgehead atoms. The molecule has 0 fully saturated rings. The number of nitrogens with one attached hydrogen (secondary N) is 1. The minimum absolute atomic E-state index is 0.0475. The van der Waals surface area contributed by atoms with E-state index in [1.807, 2.05) is 6.07 Å². The Bertz CT molecular complexity index is 505. The molecule has 0 aliphatic carbocycles. The van der Waals surface area contributed by atoms with Gasteiger partial charge in [0.15, 0.2) is 0 Å². The monoisotopic (exact) mass is 243 g/mol. The highest BCUT2D eigenvalue weighted by Crippen LogP contribution is 2.22. The van der Waals surface area contributed by atoms with Gasteiger partial charge in [0, 0.05) is 0 Å². The van der Waals surface area contributed by atoms with Crippen LogP contribution in [-0.2, 0) is 0 Å². The molecule has 1 atom stereocenters. The van der Waals surface area contributed by atoms with Crippen LogP contribution in [0.2, 0.25) is 0 Å². The van der Waals surface area contributed by atoms with Gasteiger partial charge in [0.25, 0.3) is 0 Å². The summed E-state index contributed by atoms with van der Waals surface area (Å²) in [6.07, 6.45) is 0. The summed E-state index contributed by atoms with van der Waals surface area (Å²) in [6.45, 7) is 4.96. The highest BCUT2D eigenvalue weighted by atomic mass is 19.1. The molecule has 0 saturated heterocycles. The van der Waals surface area contributed by atoms with E-state index in [1.165, 1.54) is 11.6 Å². The summed E-state index contributed by atoms with van der Waals surface area (Å²) in [5.41, 5.74) is 3.35. The van der Waals surface area contributed by atoms with Gasteiger partial charge in [-0.2, -0.15) is 0 Å². The third-order valence-corrected chi connectivity index (χ3v) is 3.00. The van der Waals surface area contributed by atoms with Crippen LogP contribution in [0.15, 0.2) is 48.5 Å². The molecule has 94 valence electrons. The van der Waals surface area contributed by atoms with Crippen molar-refractivity contribution >= 4 is 0 Å². The van der Waals surface area contributed by atoms with Gasteiger partial charge in [0.05, 0.1) is 6.04 Å². The lowest BCUT2D eigenvalue weighted by atomic mass is 9.98. The Morgan fingerprint density at radius 2 is 1.78 bits per heavy atom. The van der Waals surface area contributed by atoms with Gasteiger partial charge in [-0.15, -0.1) is 0 Å². The summed E-state index contributed by atoms with van der Waals surface area (Å²) in [7, 11) is 0. The van der Waals surface area contributed by atoms with E-state index in [2.05, 4.69) is 43.4 Å². The molecule has 1 unspecified atom stereocenters. The van der Waals surface area contributed by atoms with Crippen LogP contribution in [0.1, 0.15) is 29.7 Å². The van der Waals surface area contributed by atoms with E-state index < -0.39 is 0 Å². The Labute approximate surface area is 108 Å². The Hall–Kier alpha value is -1.67. The number of hydrogen-bond donors (Lipinski definition) is 1. The second-order valence-electron chi connectivity index (χ2n) is 4.46. The summed E-state index contributed by atoms with van der Waals surface area (Å²) >= 11 is 0. The summed E-state index contributed by atoms with van der Waals surface area (Å²) in [5, 5.41) is 3.40. The standard InChI is InChI=1S/C16H18FN/c1-3-18-16(13-9-7-12(2)8-10-13)14-5-4-6-15(17)11-14/h4-11,16,18H,3H2,1-2H3. The average Bonchev–Trinajstić information content (AvgIpc) is 2.37. The highest BCUT2D eigenvalue weighted by Gasteiger charge is 2.12. The molecule has 2 aromatic rings. The van der Waals surface area contributed by atoms with Gasteiger partial charge in [-0.1, -0.05) is 48.9 Å².